The molecule has 0 radical (unpaired) electrons. The smallest absolute Gasteiger partial charge is 0.251 e. The fraction of sp³-hybridized carbons (Fsp3) is 0.250. The molecule has 0 spiro atoms. The second-order valence-electron chi connectivity index (χ2n) is 3.42. The van der Waals surface area contributed by atoms with Gasteiger partial charge < -0.3 is 11.1 Å². The van der Waals surface area contributed by atoms with E-state index in [2.05, 4.69) is 11.2 Å². The van der Waals surface area contributed by atoms with E-state index in [1.54, 1.807) is 0 Å². The van der Waals surface area contributed by atoms with Gasteiger partial charge in [0.2, 0.25) is 0 Å². The van der Waals surface area contributed by atoms with Crippen LogP contribution >= 0.6 is 23.2 Å². The number of carbonyl (C=O) groups excluding carboxylic acids is 1. The monoisotopic (exact) mass is 270 g/mol. The van der Waals surface area contributed by atoms with Crippen molar-refractivity contribution in [1.82, 2.24) is 5.32 Å². The van der Waals surface area contributed by atoms with Crippen molar-refractivity contribution in [3.05, 3.63) is 27.7 Å². The lowest BCUT2D eigenvalue weighted by Gasteiger charge is -2.07. The zero-order chi connectivity index (χ0) is 12.8. The molecule has 5 heteroatoms. The summed E-state index contributed by atoms with van der Waals surface area (Å²) in [5.41, 5.74) is 6.23. The molecule has 1 aromatic rings. The molecule has 0 aromatic heterocycles. The highest BCUT2D eigenvalue weighted by Crippen LogP contribution is 2.28. The number of rotatable bonds is 4. The molecule has 0 saturated heterocycles. The van der Waals surface area contributed by atoms with E-state index < -0.39 is 0 Å². The van der Waals surface area contributed by atoms with E-state index in [0.717, 1.165) is 6.42 Å². The number of unbranched alkanes of at least 4 members (excludes halogenated alkanes) is 1. The first-order chi connectivity index (χ1) is 8.06. The Bertz CT molecular complexity index is 443. The van der Waals surface area contributed by atoms with Crippen molar-refractivity contribution in [1.29, 1.82) is 0 Å². The summed E-state index contributed by atoms with van der Waals surface area (Å²) >= 11 is 11.7. The molecule has 0 aliphatic heterocycles. The average Bonchev–Trinajstić information content (AvgIpc) is 2.30. The standard InChI is InChI=1S/C12H12Cl2N2O/c1-2-3-4-5-16-12(17)8-6-9(13)11(15)10(14)7-8/h1,6-7H,3-5,15H2,(H,16,17). The first-order valence-corrected chi connectivity index (χ1v) is 5.78. The fourth-order valence-corrected chi connectivity index (χ4v) is 1.70. The number of hydrogen-bond donors (Lipinski definition) is 2. The van der Waals surface area contributed by atoms with Gasteiger partial charge in [-0.15, -0.1) is 12.3 Å². The van der Waals surface area contributed by atoms with Gasteiger partial charge in [-0.05, 0) is 18.6 Å². The SMILES string of the molecule is C#CCCCNC(=O)c1cc(Cl)c(N)c(Cl)c1. The van der Waals surface area contributed by atoms with Crippen molar-refractivity contribution in [2.45, 2.75) is 12.8 Å². The summed E-state index contributed by atoms with van der Waals surface area (Å²) in [6, 6.07) is 2.97. The second-order valence-corrected chi connectivity index (χ2v) is 4.23. The summed E-state index contributed by atoms with van der Waals surface area (Å²) in [7, 11) is 0. The van der Waals surface area contributed by atoms with Crippen molar-refractivity contribution in [3.8, 4) is 12.3 Å². The average molecular weight is 271 g/mol. The van der Waals surface area contributed by atoms with Gasteiger partial charge in [0.15, 0.2) is 0 Å². The first kappa shape index (κ1) is 13.7. The second kappa shape index (κ2) is 6.39. The number of nitrogens with one attached hydrogen (secondary N) is 1. The van der Waals surface area contributed by atoms with Crippen LogP contribution < -0.4 is 11.1 Å². The normalized spacial score (nSPS) is 9.71. The summed E-state index contributed by atoms with van der Waals surface area (Å²) in [6.07, 6.45) is 6.46. The number of carbonyl (C=O) groups is 1. The van der Waals surface area contributed by atoms with Crippen LogP contribution in [0.15, 0.2) is 12.1 Å². The summed E-state index contributed by atoms with van der Waals surface area (Å²) in [5.74, 6) is 2.25. The molecule has 1 aromatic carbocycles. The highest BCUT2D eigenvalue weighted by molar-refractivity contribution is 6.39. The summed E-state index contributed by atoms with van der Waals surface area (Å²) in [4.78, 5) is 11.7. The van der Waals surface area contributed by atoms with E-state index in [4.69, 9.17) is 35.4 Å². The van der Waals surface area contributed by atoms with Gasteiger partial charge in [0.05, 0.1) is 15.7 Å². The van der Waals surface area contributed by atoms with Gasteiger partial charge in [-0.1, -0.05) is 23.2 Å². The Hall–Kier alpha value is -1.37. The number of nitrogens with two attached hydrogens (primary N) is 1. The Morgan fingerprint density at radius 2 is 2.00 bits per heavy atom. The predicted molar refractivity (Wildman–Crippen MR) is 71.3 cm³/mol. The van der Waals surface area contributed by atoms with E-state index in [-0.39, 0.29) is 21.6 Å². The molecule has 3 N–H and O–H groups in total. The number of amides is 1. The quantitative estimate of drug-likeness (QED) is 0.502. The van der Waals surface area contributed by atoms with Gasteiger partial charge >= 0.3 is 0 Å². The molecular weight excluding hydrogens is 259 g/mol. The summed E-state index contributed by atoms with van der Waals surface area (Å²) < 4.78 is 0. The minimum atomic E-state index is -0.245. The fourth-order valence-electron chi connectivity index (χ4n) is 1.21. The van der Waals surface area contributed by atoms with Crippen molar-refractivity contribution < 1.29 is 4.79 Å². The zero-order valence-electron chi connectivity index (χ0n) is 9.09. The Morgan fingerprint density at radius 1 is 1.41 bits per heavy atom. The van der Waals surface area contributed by atoms with E-state index in [1.165, 1.54) is 12.1 Å². The first-order valence-electron chi connectivity index (χ1n) is 5.02. The van der Waals surface area contributed by atoms with Crippen molar-refractivity contribution in [3.63, 3.8) is 0 Å². The molecule has 0 heterocycles. The number of nitrogen functional groups attached to an aromatic ring is 1. The Labute approximate surface area is 110 Å². The Balaban J connectivity index is 2.67. The molecule has 1 rings (SSSR count). The van der Waals surface area contributed by atoms with Gasteiger partial charge in [0.1, 0.15) is 0 Å². The number of halogens is 2. The van der Waals surface area contributed by atoms with E-state index >= 15 is 0 Å². The van der Waals surface area contributed by atoms with Gasteiger partial charge in [-0.2, -0.15) is 0 Å². The van der Waals surface area contributed by atoms with E-state index in [0.29, 0.717) is 18.5 Å². The third-order valence-corrected chi connectivity index (χ3v) is 2.75. The highest BCUT2D eigenvalue weighted by atomic mass is 35.5. The summed E-state index contributed by atoms with van der Waals surface area (Å²) in [6.45, 7) is 0.517. The predicted octanol–water partition coefficient (Wildman–Crippen LogP) is 2.72. The maximum absolute atomic E-state index is 11.7. The number of terminal acetylenes is 1. The highest BCUT2D eigenvalue weighted by Gasteiger charge is 2.10. The molecule has 0 atom stereocenters. The van der Waals surface area contributed by atoms with Crippen LogP contribution in [-0.2, 0) is 0 Å². The Morgan fingerprint density at radius 3 is 2.53 bits per heavy atom. The summed E-state index contributed by atoms with van der Waals surface area (Å²) in [5, 5.41) is 3.25. The molecule has 1 amide bonds. The van der Waals surface area contributed by atoms with Crippen LogP contribution in [0, 0.1) is 12.3 Å². The zero-order valence-corrected chi connectivity index (χ0v) is 10.6. The van der Waals surface area contributed by atoms with Crippen LogP contribution in [0.5, 0.6) is 0 Å². The molecule has 0 fully saturated rings. The lowest BCUT2D eigenvalue weighted by atomic mass is 10.2. The lowest BCUT2D eigenvalue weighted by molar-refractivity contribution is 0.0953. The molecule has 0 unspecified atom stereocenters. The van der Waals surface area contributed by atoms with Crippen LogP contribution in [0.4, 0.5) is 5.69 Å². The van der Waals surface area contributed by atoms with Crippen LogP contribution in [0.25, 0.3) is 0 Å². The third kappa shape index (κ3) is 3.85. The molecule has 0 bridgehead atoms. The van der Waals surface area contributed by atoms with E-state index in [1.807, 2.05) is 0 Å². The third-order valence-electron chi connectivity index (χ3n) is 2.12. The number of anilines is 1. The van der Waals surface area contributed by atoms with Crippen LogP contribution in [0.2, 0.25) is 10.0 Å². The van der Waals surface area contributed by atoms with Crippen molar-refractivity contribution in [2.24, 2.45) is 0 Å². The molecule has 17 heavy (non-hydrogen) atoms. The van der Waals surface area contributed by atoms with Gasteiger partial charge in [-0.3, -0.25) is 4.79 Å². The van der Waals surface area contributed by atoms with Crippen LogP contribution in [0.3, 0.4) is 0 Å². The Kier molecular flexibility index (Phi) is 5.14. The maximum Gasteiger partial charge on any atom is 0.251 e. The van der Waals surface area contributed by atoms with Crippen molar-refractivity contribution >= 4 is 34.8 Å². The van der Waals surface area contributed by atoms with Crippen molar-refractivity contribution in [2.75, 3.05) is 12.3 Å². The minimum Gasteiger partial charge on any atom is -0.396 e. The number of benzene rings is 1. The van der Waals surface area contributed by atoms with E-state index in [9.17, 15) is 4.79 Å². The minimum absolute atomic E-state index is 0.245. The topological polar surface area (TPSA) is 55.1 Å². The lowest BCUT2D eigenvalue weighted by Crippen LogP contribution is -2.24. The molecule has 90 valence electrons. The molecular formula is C12H12Cl2N2O. The van der Waals surface area contributed by atoms with Crippen LogP contribution in [-0.4, -0.2) is 12.5 Å². The molecule has 0 saturated carbocycles. The molecule has 3 nitrogen and oxygen atoms in total. The van der Waals surface area contributed by atoms with Gasteiger partial charge in [0.25, 0.3) is 5.91 Å². The molecule has 0 aliphatic rings. The maximum atomic E-state index is 11.7. The van der Waals surface area contributed by atoms with Gasteiger partial charge in [-0.25, -0.2) is 0 Å². The number of hydrogen-bond acceptors (Lipinski definition) is 2. The van der Waals surface area contributed by atoms with Crippen LogP contribution in [0.1, 0.15) is 23.2 Å². The largest absolute Gasteiger partial charge is 0.396 e. The van der Waals surface area contributed by atoms with Gasteiger partial charge in [0, 0.05) is 18.5 Å². The molecule has 0 aliphatic carbocycles.